The van der Waals surface area contributed by atoms with Gasteiger partial charge in [-0.1, -0.05) is 0 Å². The molecule has 7 nitrogen and oxygen atoms in total. The van der Waals surface area contributed by atoms with E-state index in [0.29, 0.717) is 0 Å². The number of nitrogens with one attached hydrogen (secondary N) is 1. The highest BCUT2D eigenvalue weighted by Gasteiger charge is 2.01. The largest absolute Gasteiger partial charge is 0.265 e. The second-order valence-corrected chi connectivity index (χ2v) is 1.88. The van der Waals surface area contributed by atoms with E-state index in [1.165, 1.54) is 12.7 Å². The van der Waals surface area contributed by atoms with Crippen molar-refractivity contribution in [1.82, 2.24) is 15.0 Å². The average Bonchev–Trinajstić information content (AvgIpc) is 2.15. The maximum atomic E-state index is 6.40. The first-order valence-electron chi connectivity index (χ1n) is 2.81. The van der Waals surface area contributed by atoms with Gasteiger partial charge in [-0.15, -0.1) is 14.7 Å². The topological polar surface area (TPSA) is 90.5 Å². The molecule has 0 saturated carbocycles. The Labute approximate surface area is 72.7 Å². The van der Waals surface area contributed by atoms with Crippen molar-refractivity contribution in [2.24, 2.45) is 10.2 Å². The molecular formula is C4H4ClN7. The van der Waals surface area contributed by atoms with E-state index < -0.39 is 0 Å². The van der Waals surface area contributed by atoms with E-state index in [4.69, 9.17) is 17.3 Å². The third kappa shape index (κ3) is 2.20. The summed E-state index contributed by atoms with van der Waals surface area (Å²) in [5, 5.41) is 6.34. The third-order valence-electron chi connectivity index (χ3n) is 0.856. The Morgan fingerprint density at radius 2 is 2.17 bits per heavy atom. The lowest BCUT2D eigenvalue weighted by Gasteiger charge is -2.02. The number of hydrogen-bond acceptors (Lipinski definition) is 6. The van der Waals surface area contributed by atoms with Crippen LogP contribution >= 0.6 is 11.8 Å². The molecule has 0 spiro atoms. The van der Waals surface area contributed by atoms with E-state index in [1.807, 2.05) is 0 Å². The van der Waals surface area contributed by atoms with Crippen molar-refractivity contribution in [1.29, 1.82) is 5.53 Å². The Balaban J connectivity index is 2.71. The van der Waals surface area contributed by atoms with Crippen LogP contribution in [0.5, 0.6) is 0 Å². The highest BCUT2D eigenvalue weighted by Crippen LogP contribution is 2.06. The van der Waals surface area contributed by atoms with Gasteiger partial charge in [0.1, 0.15) is 12.7 Å². The Hall–Kier alpha value is -1.63. The van der Waals surface area contributed by atoms with Crippen LogP contribution in [0.2, 0.25) is 0 Å². The van der Waals surface area contributed by atoms with Gasteiger partial charge in [0.2, 0.25) is 0 Å². The predicted molar refractivity (Wildman–Crippen MR) is 41.8 cm³/mol. The number of anilines is 1. The number of rotatable bonds is 3. The quantitative estimate of drug-likeness (QED) is 0.248. The van der Waals surface area contributed by atoms with Crippen molar-refractivity contribution in [2.45, 2.75) is 0 Å². The monoisotopic (exact) mass is 185 g/mol. The molecule has 0 atom stereocenters. The van der Waals surface area contributed by atoms with E-state index in [9.17, 15) is 0 Å². The van der Waals surface area contributed by atoms with Gasteiger partial charge in [-0.25, -0.2) is 10.5 Å². The Kier molecular flexibility index (Phi) is 3.03. The molecule has 1 N–H and O–H groups in total. The van der Waals surface area contributed by atoms with Crippen LogP contribution in [0.25, 0.3) is 0 Å². The summed E-state index contributed by atoms with van der Waals surface area (Å²) < 4.78 is 0.861. The SMILES string of the molecule is N=NC=NN(Cl)c1ncncn1. The molecule has 12 heavy (non-hydrogen) atoms. The second kappa shape index (κ2) is 4.29. The maximum Gasteiger partial charge on any atom is 0.265 e. The summed E-state index contributed by atoms with van der Waals surface area (Å²) in [6.07, 6.45) is 3.52. The number of aromatic nitrogens is 3. The van der Waals surface area contributed by atoms with Crippen LogP contribution < -0.4 is 4.53 Å². The molecule has 0 bridgehead atoms. The summed E-state index contributed by atoms with van der Waals surface area (Å²) in [6.45, 7) is 0. The zero-order valence-electron chi connectivity index (χ0n) is 5.79. The molecule has 0 aromatic carbocycles. The fraction of sp³-hybridized carbons (Fsp3) is 0. The van der Waals surface area contributed by atoms with E-state index in [-0.39, 0.29) is 5.95 Å². The summed E-state index contributed by atoms with van der Waals surface area (Å²) in [5.74, 6) is 0.173. The smallest absolute Gasteiger partial charge is 0.225 e. The van der Waals surface area contributed by atoms with Crippen molar-refractivity contribution in [3.8, 4) is 0 Å². The standard InChI is InChI=1S/C4H4ClN7/c5-12(11-3-10-6)4-8-1-7-2-9-4/h1-3,6H. The lowest BCUT2D eigenvalue weighted by Crippen LogP contribution is -2.05. The minimum Gasteiger partial charge on any atom is -0.225 e. The van der Waals surface area contributed by atoms with Crippen LogP contribution in [-0.2, 0) is 0 Å². The van der Waals surface area contributed by atoms with Gasteiger partial charge in [-0.3, -0.25) is 0 Å². The van der Waals surface area contributed by atoms with Gasteiger partial charge >= 0.3 is 0 Å². The lowest BCUT2D eigenvalue weighted by molar-refractivity contribution is 0.981. The molecule has 0 aliphatic heterocycles. The number of nitrogens with zero attached hydrogens (tertiary/aromatic N) is 6. The first kappa shape index (κ1) is 8.47. The molecule has 0 radical (unpaired) electrons. The van der Waals surface area contributed by atoms with Crippen molar-refractivity contribution in [3.05, 3.63) is 12.7 Å². The van der Waals surface area contributed by atoms with Crippen LogP contribution in [0.15, 0.2) is 22.9 Å². The van der Waals surface area contributed by atoms with Gasteiger partial charge in [0.05, 0.1) is 0 Å². The van der Waals surface area contributed by atoms with Crippen LogP contribution in [0.3, 0.4) is 0 Å². The molecule has 0 unspecified atom stereocenters. The van der Waals surface area contributed by atoms with Crippen LogP contribution in [-0.4, -0.2) is 21.3 Å². The highest BCUT2D eigenvalue weighted by molar-refractivity contribution is 6.24. The molecular weight excluding hydrogens is 182 g/mol. The molecule has 62 valence electrons. The van der Waals surface area contributed by atoms with Crippen LogP contribution in [0, 0.1) is 5.53 Å². The zero-order chi connectivity index (χ0) is 8.81. The molecule has 0 amide bonds. The van der Waals surface area contributed by atoms with Gasteiger partial charge in [0, 0.05) is 11.8 Å². The van der Waals surface area contributed by atoms with Gasteiger partial charge < -0.3 is 0 Å². The third-order valence-corrected chi connectivity index (χ3v) is 1.09. The summed E-state index contributed by atoms with van der Waals surface area (Å²) in [4.78, 5) is 11.0. The van der Waals surface area contributed by atoms with Gasteiger partial charge in [0.25, 0.3) is 5.95 Å². The molecule has 0 saturated heterocycles. The summed E-state index contributed by atoms with van der Waals surface area (Å²) in [6, 6.07) is 0. The first-order valence-corrected chi connectivity index (χ1v) is 3.15. The van der Waals surface area contributed by atoms with Crippen LogP contribution in [0.4, 0.5) is 5.95 Å². The number of halogens is 1. The molecule has 0 aliphatic rings. The fourth-order valence-electron chi connectivity index (χ4n) is 0.451. The molecule has 1 aromatic heterocycles. The van der Waals surface area contributed by atoms with Gasteiger partial charge in [-0.05, 0) is 0 Å². The molecule has 0 fully saturated rings. The van der Waals surface area contributed by atoms with Gasteiger partial charge in [0.15, 0.2) is 6.34 Å². The van der Waals surface area contributed by atoms with E-state index in [0.717, 1.165) is 10.9 Å². The Morgan fingerprint density at radius 1 is 1.50 bits per heavy atom. The number of hydrazone groups is 1. The Bertz CT molecular complexity index is 272. The van der Waals surface area contributed by atoms with Crippen molar-refractivity contribution in [2.75, 3.05) is 4.53 Å². The summed E-state index contributed by atoms with van der Waals surface area (Å²) in [5.41, 5.74) is 6.40. The predicted octanol–water partition coefficient (Wildman–Crippen LogP) is 0.806. The summed E-state index contributed by atoms with van der Waals surface area (Å²) in [7, 11) is 0. The van der Waals surface area contributed by atoms with E-state index in [1.54, 1.807) is 0 Å². The molecule has 0 aliphatic carbocycles. The number of hydrogen-bond donors (Lipinski definition) is 1. The molecule has 1 rings (SSSR count). The minimum atomic E-state index is 0.173. The van der Waals surface area contributed by atoms with Crippen LogP contribution in [0.1, 0.15) is 0 Å². The first-order chi connectivity index (χ1) is 5.84. The minimum absolute atomic E-state index is 0.173. The average molecular weight is 186 g/mol. The van der Waals surface area contributed by atoms with Crippen molar-refractivity contribution >= 4 is 24.1 Å². The van der Waals surface area contributed by atoms with Crippen molar-refractivity contribution < 1.29 is 0 Å². The normalized spacial score (nSPS) is 10.1. The van der Waals surface area contributed by atoms with E-state index in [2.05, 4.69) is 25.2 Å². The molecule has 1 aromatic rings. The van der Waals surface area contributed by atoms with E-state index >= 15 is 0 Å². The summed E-state index contributed by atoms with van der Waals surface area (Å²) >= 11 is 5.52. The maximum absolute atomic E-state index is 6.40. The lowest BCUT2D eigenvalue weighted by atomic mass is 11.0. The highest BCUT2D eigenvalue weighted by atomic mass is 35.5. The van der Waals surface area contributed by atoms with Crippen molar-refractivity contribution in [3.63, 3.8) is 0 Å². The zero-order valence-corrected chi connectivity index (χ0v) is 6.55. The second-order valence-electron chi connectivity index (χ2n) is 1.56. The fourth-order valence-corrected chi connectivity index (χ4v) is 0.577. The molecule has 1 heterocycles. The molecule has 8 heteroatoms. The Morgan fingerprint density at radius 3 is 2.75 bits per heavy atom. The van der Waals surface area contributed by atoms with Gasteiger partial charge in [-0.2, -0.15) is 9.97 Å².